The van der Waals surface area contributed by atoms with Crippen molar-refractivity contribution in [1.82, 2.24) is 0 Å². The minimum atomic E-state index is 1.30. The molecule has 0 amide bonds. The third-order valence-electron chi connectivity index (χ3n) is 11.8. The summed E-state index contributed by atoms with van der Waals surface area (Å²) in [5.41, 5.74) is 0. The molecule has 0 spiro atoms. The van der Waals surface area contributed by atoms with Gasteiger partial charge in [-0.15, -0.1) is 0 Å². The van der Waals surface area contributed by atoms with E-state index >= 15 is 0 Å². The fraction of sp³-hybridized carbons (Fsp3) is 0. The van der Waals surface area contributed by atoms with Crippen molar-refractivity contribution in [3.63, 3.8) is 0 Å². The van der Waals surface area contributed by atoms with Gasteiger partial charge in [-0.25, -0.2) is 0 Å². The highest BCUT2D eigenvalue weighted by atomic mass is 14.3. The minimum absolute atomic E-state index is 1.30. The molecule has 0 aliphatic rings. The number of fused-ring (bicyclic) bond motifs is 10. The lowest BCUT2D eigenvalue weighted by atomic mass is 9.78. The van der Waals surface area contributed by atoms with Gasteiger partial charge in [0.2, 0.25) is 0 Å². The average molecular weight is 601 g/mol. The zero-order valence-electron chi connectivity index (χ0n) is 25.9. The number of hydrogen-bond donors (Lipinski definition) is 0. The molecule has 0 nitrogen and oxygen atoms in total. The summed E-state index contributed by atoms with van der Waals surface area (Å²) in [4.78, 5) is 0. The van der Waals surface area contributed by atoms with Crippen molar-refractivity contribution in [3.8, 4) is 0 Å². The van der Waals surface area contributed by atoms with E-state index in [-0.39, 0.29) is 0 Å². The second-order valence-corrected chi connectivity index (χ2v) is 13.8. The van der Waals surface area contributed by atoms with E-state index in [1.54, 1.807) is 0 Å². The molecule has 48 heavy (non-hydrogen) atoms. The lowest BCUT2D eigenvalue weighted by Gasteiger charge is -2.24. The summed E-state index contributed by atoms with van der Waals surface area (Å²) in [6.45, 7) is 0. The molecule has 0 heterocycles. The maximum absolute atomic E-state index is 2.38. The first-order chi connectivity index (χ1) is 23.9. The van der Waals surface area contributed by atoms with E-state index in [9.17, 15) is 0 Å². The van der Waals surface area contributed by atoms with Crippen molar-refractivity contribution in [2.24, 2.45) is 0 Å². The summed E-state index contributed by atoms with van der Waals surface area (Å²) in [5, 5.41) is 32.5. The van der Waals surface area contributed by atoms with Crippen molar-refractivity contribution in [2.75, 3.05) is 0 Å². The molecule has 0 bridgehead atoms. The average Bonchev–Trinajstić information content (AvgIpc) is 3.15. The van der Waals surface area contributed by atoms with Crippen LogP contribution in [-0.2, 0) is 0 Å². The highest BCUT2D eigenvalue weighted by Gasteiger charge is 2.25. The van der Waals surface area contributed by atoms with Gasteiger partial charge in [0.25, 0.3) is 0 Å². The van der Waals surface area contributed by atoms with Gasteiger partial charge in [-0.05, 0) is 129 Å². The largest absolute Gasteiger partial charge is 0.0610 e. The molecule has 0 aliphatic heterocycles. The lowest BCUT2D eigenvalue weighted by Crippen LogP contribution is -1.95. The van der Waals surface area contributed by atoms with E-state index in [4.69, 9.17) is 0 Å². The maximum atomic E-state index is 2.38. The van der Waals surface area contributed by atoms with Crippen LogP contribution < -0.4 is 0 Å². The standard InChI is InChI=1S/C48H24/c1-9-25-11-3-23-37-39(25)27(13-1)29-15-5-17-31-33-19-7-21-35-36-22-8-20-34-32-18-6-16-30-28-14-2-10-26-12-4-24-38(40(26)28)46(42(30)32)48(44(34)36)47(43(33)35)45(37)41(29)31/h1-24H. The predicted molar refractivity (Wildman–Crippen MR) is 210 cm³/mol. The Morgan fingerprint density at radius 1 is 0.146 bits per heavy atom. The van der Waals surface area contributed by atoms with Crippen LogP contribution in [0.25, 0.3) is 129 Å². The Labute approximate surface area is 274 Å². The van der Waals surface area contributed by atoms with Crippen LogP contribution in [0.5, 0.6) is 0 Å². The summed E-state index contributed by atoms with van der Waals surface area (Å²) in [7, 11) is 0. The molecule has 216 valence electrons. The summed E-state index contributed by atoms with van der Waals surface area (Å²) in [6, 6.07) is 55.5. The Hall–Kier alpha value is -6.24. The molecule has 13 aromatic carbocycles. The van der Waals surface area contributed by atoms with E-state index in [1.165, 1.54) is 129 Å². The quantitative estimate of drug-likeness (QED) is 0.120. The molecule has 0 fully saturated rings. The third kappa shape index (κ3) is 2.53. The Kier molecular flexibility index (Phi) is 4.00. The number of hydrogen-bond acceptors (Lipinski definition) is 0. The van der Waals surface area contributed by atoms with Crippen molar-refractivity contribution in [2.45, 2.75) is 0 Å². The Morgan fingerprint density at radius 2 is 0.354 bits per heavy atom. The van der Waals surface area contributed by atoms with Crippen LogP contribution in [-0.4, -0.2) is 0 Å². The molecule has 0 aliphatic carbocycles. The lowest BCUT2D eigenvalue weighted by molar-refractivity contribution is 1.80. The molecule has 0 radical (unpaired) electrons. The Morgan fingerprint density at radius 3 is 0.646 bits per heavy atom. The zero-order chi connectivity index (χ0) is 30.8. The number of rotatable bonds is 0. The molecule has 13 rings (SSSR count). The van der Waals surface area contributed by atoms with Gasteiger partial charge in [-0.1, -0.05) is 146 Å². The summed E-state index contributed by atoms with van der Waals surface area (Å²) < 4.78 is 0. The first-order valence-electron chi connectivity index (χ1n) is 17.0. The molecule has 0 N–H and O–H groups in total. The maximum Gasteiger partial charge on any atom is -0.0000706 e. The molecule has 13 aromatic rings. The molecule has 0 aromatic heterocycles. The van der Waals surface area contributed by atoms with Gasteiger partial charge in [-0.3, -0.25) is 0 Å². The second kappa shape index (κ2) is 8.00. The van der Waals surface area contributed by atoms with E-state index in [0.29, 0.717) is 0 Å². The Bertz CT molecular complexity index is 3270. The van der Waals surface area contributed by atoms with Crippen LogP contribution in [0.4, 0.5) is 0 Å². The van der Waals surface area contributed by atoms with Gasteiger partial charge in [0.05, 0.1) is 0 Å². The fourth-order valence-corrected chi connectivity index (χ4v) is 10.2. The van der Waals surface area contributed by atoms with E-state index in [0.717, 1.165) is 0 Å². The molecule has 0 unspecified atom stereocenters. The topological polar surface area (TPSA) is 0 Å². The van der Waals surface area contributed by atoms with Crippen molar-refractivity contribution < 1.29 is 0 Å². The van der Waals surface area contributed by atoms with Crippen LogP contribution in [0, 0.1) is 0 Å². The Balaban J connectivity index is 1.53. The van der Waals surface area contributed by atoms with Crippen LogP contribution in [0.2, 0.25) is 0 Å². The van der Waals surface area contributed by atoms with Gasteiger partial charge < -0.3 is 0 Å². The zero-order valence-corrected chi connectivity index (χ0v) is 25.9. The van der Waals surface area contributed by atoms with Gasteiger partial charge in [0.1, 0.15) is 0 Å². The van der Waals surface area contributed by atoms with Crippen molar-refractivity contribution in [1.29, 1.82) is 0 Å². The van der Waals surface area contributed by atoms with E-state index in [1.807, 2.05) is 0 Å². The SMILES string of the molecule is c1cc2cccc3c2c(c1)c1cccc2c4cccc5c6cccc7c8cccc9c%10cccc%11cccc(c%11%10)c(c98)c(c76)c(c45)c3c12. The molecule has 0 atom stereocenters. The first kappa shape index (κ1) is 24.0. The van der Waals surface area contributed by atoms with Crippen LogP contribution >= 0.6 is 0 Å². The summed E-state index contributed by atoms with van der Waals surface area (Å²) >= 11 is 0. The van der Waals surface area contributed by atoms with Crippen LogP contribution in [0.15, 0.2) is 146 Å². The highest BCUT2D eigenvalue weighted by Crippen LogP contribution is 2.54. The highest BCUT2D eigenvalue weighted by molar-refractivity contribution is 6.54. The third-order valence-corrected chi connectivity index (χ3v) is 11.8. The second-order valence-electron chi connectivity index (χ2n) is 13.8. The molecule has 0 saturated carbocycles. The fourth-order valence-electron chi connectivity index (χ4n) is 10.2. The van der Waals surface area contributed by atoms with E-state index < -0.39 is 0 Å². The monoisotopic (exact) mass is 600 g/mol. The van der Waals surface area contributed by atoms with Crippen molar-refractivity contribution >= 4 is 129 Å². The van der Waals surface area contributed by atoms with Crippen LogP contribution in [0.1, 0.15) is 0 Å². The van der Waals surface area contributed by atoms with Gasteiger partial charge in [0, 0.05) is 0 Å². The smallest absolute Gasteiger partial charge is 0.0000706 e. The molecule has 0 saturated heterocycles. The van der Waals surface area contributed by atoms with Crippen LogP contribution in [0.3, 0.4) is 0 Å². The summed E-state index contributed by atoms with van der Waals surface area (Å²) in [6.07, 6.45) is 0. The predicted octanol–water partition coefficient (Wildman–Crippen LogP) is 13.8. The normalized spacial score (nSPS) is 13.0. The first-order valence-corrected chi connectivity index (χ1v) is 17.0. The van der Waals surface area contributed by atoms with Gasteiger partial charge >= 0.3 is 0 Å². The van der Waals surface area contributed by atoms with Crippen molar-refractivity contribution in [3.05, 3.63) is 146 Å². The number of benzene rings is 13. The van der Waals surface area contributed by atoms with Gasteiger partial charge in [0.15, 0.2) is 0 Å². The molecule has 0 heteroatoms. The summed E-state index contributed by atoms with van der Waals surface area (Å²) in [5.74, 6) is 0. The minimum Gasteiger partial charge on any atom is -0.0610 e. The van der Waals surface area contributed by atoms with Gasteiger partial charge in [-0.2, -0.15) is 0 Å². The van der Waals surface area contributed by atoms with E-state index in [2.05, 4.69) is 146 Å². The molecular formula is C48H24. The molecular weight excluding hydrogens is 577 g/mol.